The van der Waals surface area contributed by atoms with Gasteiger partial charge in [0, 0.05) is 18.0 Å². The smallest absolute Gasteiger partial charge is 0.322 e. The number of hydrogen-bond donors (Lipinski definition) is 1. The summed E-state index contributed by atoms with van der Waals surface area (Å²) in [6, 6.07) is 17.9. The SMILES string of the molecule is Cc1cccc2c1Cc1cccc(-c3cncc(C(=O)Nc4nnc(-c5ccco5)o4)c3)c1-2. The predicted octanol–water partition coefficient (Wildman–Crippen LogP) is 5.52. The number of pyridine rings is 1. The number of hydrogen-bond acceptors (Lipinski definition) is 6. The summed E-state index contributed by atoms with van der Waals surface area (Å²) in [6.45, 7) is 2.14. The van der Waals surface area contributed by atoms with E-state index in [-0.39, 0.29) is 17.8 Å². The van der Waals surface area contributed by atoms with Crippen LogP contribution in [-0.4, -0.2) is 21.1 Å². The number of anilines is 1. The molecule has 0 spiro atoms. The van der Waals surface area contributed by atoms with Gasteiger partial charge >= 0.3 is 6.01 Å². The van der Waals surface area contributed by atoms with Crippen LogP contribution in [0.5, 0.6) is 0 Å². The van der Waals surface area contributed by atoms with Crippen molar-refractivity contribution in [1.29, 1.82) is 0 Å². The molecule has 0 saturated heterocycles. The molecule has 0 unspecified atom stereocenters. The summed E-state index contributed by atoms with van der Waals surface area (Å²) in [5, 5.41) is 10.4. The zero-order valence-corrected chi connectivity index (χ0v) is 17.7. The Hall–Kier alpha value is -4.52. The summed E-state index contributed by atoms with van der Waals surface area (Å²) in [4.78, 5) is 17.2. The number of amides is 1. The molecule has 0 fully saturated rings. The molecule has 1 N–H and O–H groups in total. The average Bonchev–Trinajstić information content (AvgIpc) is 3.59. The molecule has 3 aromatic heterocycles. The lowest BCUT2D eigenvalue weighted by Gasteiger charge is -2.11. The van der Waals surface area contributed by atoms with Crippen LogP contribution in [0.15, 0.2) is 82.1 Å². The second-order valence-electron chi connectivity index (χ2n) is 7.92. The Kier molecular flexibility index (Phi) is 4.40. The molecule has 0 aliphatic heterocycles. The van der Waals surface area contributed by atoms with E-state index in [1.165, 1.54) is 40.3 Å². The standard InChI is InChI=1S/C26H18N4O3/c1-15-5-2-8-20-21(15)12-16-6-3-7-19(23(16)20)17-11-18(14-27-13-17)24(31)28-26-30-29-25(33-26)22-9-4-10-32-22/h2-11,13-14H,12H2,1H3,(H,28,30,31). The van der Waals surface area contributed by atoms with Crippen molar-refractivity contribution in [2.45, 2.75) is 13.3 Å². The van der Waals surface area contributed by atoms with Gasteiger partial charge in [-0.15, -0.1) is 5.10 Å². The summed E-state index contributed by atoms with van der Waals surface area (Å²) in [5.41, 5.74) is 8.68. The van der Waals surface area contributed by atoms with Crippen LogP contribution in [0.1, 0.15) is 27.0 Å². The summed E-state index contributed by atoms with van der Waals surface area (Å²) in [7, 11) is 0. The van der Waals surface area contributed by atoms with Gasteiger partial charge in [-0.25, -0.2) is 0 Å². The second-order valence-corrected chi connectivity index (χ2v) is 7.92. The average molecular weight is 434 g/mol. The number of fused-ring (bicyclic) bond motifs is 3. The van der Waals surface area contributed by atoms with E-state index in [1.54, 1.807) is 18.3 Å². The fraction of sp³-hybridized carbons (Fsp3) is 0.0769. The van der Waals surface area contributed by atoms with Crippen molar-refractivity contribution in [3.63, 3.8) is 0 Å². The van der Waals surface area contributed by atoms with Crippen molar-refractivity contribution < 1.29 is 13.6 Å². The van der Waals surface area contributed by atoms with Gasteiger partial charge in [0.1, 0.15) is 0 Å². The normalized spacial score (nSPS) is 11.8. The van der Waals surface area contributed by atoms with E-state index in [0.717, 1.165) is 17.5 Å². The third kappa shape index (κ3) is 3.30. The monoisotopic (exact) mass is 434 g/mol. The highest BCUT2D eigenvalue weighted by molar-refractivity contribution is 6.04. The predicted molar refractivity (Wildman–Crippen MR) is 123 cm³/mol. The third-order valence-electron chi connectivity index (χ3n) is 5.89. The zero-order chi connectivity index (χ0) is 22.4. The first-order chi connectivity index (χ1) is 16.2. The Bertz CT molecular complexity index is 1500. The van der Waals surface area contributed by atoms with Crippen LogP contribution in [0, 0.1) is 6.92 Å². The Morgan fingerprint density at radius 3 is 2.76 bits per heavy atom. The van der Waals surface area contributed by atoms with Crippen molar-refractivity contribution >= 4 is 11.9 Å². The number of aromatic nitrogens is 3. The summed E-state index contributed by atoms with van der Waals surface area (Å²) in [6.07, 6.45) is 5.72. The van der Waals surface area contributed by atoms with Gasteiger partial charge in [-0.2, -0.15) is 0 Å². The van der Waals surface area contributed by atoms with Crippen molar-refractivity contribution in [2.24, 2.45) is 0 Å². The lowest BCUT2D eigenvalue weighted by Crippen LogP contribution is -2.12. The van der Waals surface area contributed by atoms with Gasteiger partial charge in [0.25, 0.3) is 11.8 Å². The second kappa shape index (κ2) is 7.56. The minimum Gasteiger partial charge on any atom is -0.459 e. The highest BCUT2D eigenvalue weighted by Gasteiger charge is 2.23. The van der Waals surface area contributed by atoms with Crippen molar-refractivity contribution in [3.05, 3.63) is 95.5 Å². The van der Waals surface area contributed by atoms with Crippen LogP contribution in [-0.2, 0) is 6.42 Å². The van der Waals surface area contributed by atoms with Crippen LogP contribution < -0.4 is 5.32 Å². The molecule has 7 heteroatoms. The van der Waals surface area contributed by atoms with Crippen LogP contribution in [0.3, 0.4) is 0 Å². The molecule has 1 amide bonds. The van der Waals surface area contributed by atoms with Crippen LogP contribution in [0.25, 0.3) is 33.9 Å². The van der Waals surface area contributed by atoms with E-state index in [4.69, 9.17) is 8.83 Å². The number of nitrogens with one attached hydrogen (secondary N) is 1. The number of carbonyl (C=O) groups is 1. The molecule has 3 heterocycles. The summed E-state index contributed by atoms with van der Waals surface area (Å²) < 4.78 is 10.7. The molecule has 33 heavy (non-hydrogen) atoms. The maximum absolute atomic E-state index is 12.9. The minimum atomic E-state index is -0.386. The van der Waals surface area contributed by atoms with Gasteiger partial charge in [0.15, 0.2) is 5.76 Å². The van der Waals surface area contributed by atoms with Crippen molar-refractivity contribution in [2.75, 3.05) is 5.32 Å². The summed E-state index contributed by atoms with van der Waals surface area (Å²) >= 11 is 0. The molecular formula is C26H18N4O3. The van der Waals surface area contributed by atoms with Gasteiger partial charge in [-0.05, 0) is 64.9 Å². The number of nitrogens with zero attached hydrogens (tertiary/aromatic N) is 3. The third-order valence-corrected chi connectivity index (χ3v) is 5.89. The topological polar surface area (TPSA) is 94.1 Å². The molecule has 2 aromatic carbocycles. The summed E-state index contributed by atoms with van der Waals surface area (Å²) in [5.74, 6) is 0.235. The van der Waals surface area contributed by atoms with Gasteiger partial charge in [0.2, 0.25) is 0 Å². The minimum absolute atomic E-state index is 0.0122. The number of aryl methyl sites for hydroxylation is 1. The Morgan fingerprint density at radius 2 is 1.88 bits per heavy atom. The first kappa shape index (κ1) is 19.2. The van der Waals surface area contributed by atoms with Crippen molar-refractivity contribution in [3.8, 4) is 33.9 Å². The molecule has 0 saturated carbocycles. The zero-order valence-electron chi connectivity index (χ0n) is 17.7. The molecule has 160 valence electrons. The molecule has 6 rings (SSSR count). The van der Waals surface area contributed by atoms with Gasteiger partial charge in [0.05, 0.1) is 11.8 Å². The molecule has 0 bridgehead atoms. The maximum atomic E-state index is 12.9. The quantitative estimate of drug-likeness (QED) is 0.392. The molecule has 0 radical (unpaired) electrons. The molecule has 1 aliphatic rings. The van der Waals surface area contributed by atoms with E-state index in [1.807, 2.05) is 6.07 Å². The Morgan fingerprint density at radius 1 is 1.00 bits per heavy atom. The van der Waals surface area contributed by atoms with Crippen LogP contribution in [0.2, 0.25) is 0 Å². The van der Waals surface area contributed by atoms with E-state index in [2.05, 4.69) is 63.8 Å². The lowest BCUT2D eigenvalue weighted by molar-refractivity contribution is 0.102. The molecule has 5 aromatic rings. The Balaban J connectivity index is 1.32. The number of benzene rings is 2. The highest BCUT2D eigenvalue weighted by atomic mass is 16.4. The molecule has 7 nitrogen and oxygen atoms in total. The van der Waals surface area contributed by atoms with Crippen LogP contribution >= 0.6 is 0 Å². The first-order valence-corrected chi connectivity index (χ1v) is 10.5. The lowest BCUT2D eigenvalue weighted by atomic mass is 9.94. The fourth-order valence-corrected chi connectivity index (χ4v) is 4.32. The number of furan rings is 1. The van der Waals surface area contributed by atoms with E-state index < -0.39 is 0 Å². The van der Waals surface area contributed by atoms with E-state index >= 15 is 0 Å². The van der Waals surface area contributed by atoms with E-state index in [9.17, 15) is 4.79 Å². The fourth-order valence-electron chi connectivity index (χ4n) is 4.32. The van der Waals surface area contributed by atoms with Crippen molar-refractivity contribution in [1.82, 2.24) is 15.2 Å². The molecule has 1 aliphatic carbocycles. The largest absolute Gasteiger partial charge is 0.459 e. The van der Waals surface area contributed by atoms with Gasteiger partial charge in [-0.3, -0.25) is 15.1 Å². The van der Waals surface area contributed by atoms with Gasteiger partial charge < -0.3 is 8.83 Å². The van der Waals surface area contributed by atoms with Crippen LogP contribution in [0.4, 0.5) is 6.01 Å². The van der Waals surface area contributed by atoms with Gasteiger partial charge in [-0.1, -0.05) is 41.5 Å². The maximum Gasteiger partial charge on any atom is 0.322 e. The highest BCUT2D eigenvalue weighted by Crippen LogP contribution is 2.43. The molecule has 0 atom stereocenters. The number of rotatable bonds is 4. The number of carbonyl (C=O) groups excluding carboxylic acids is 1. The molecular weight excluding hydrogens is 416 g/mol. The first-order valence-electron chi connectivity index (χ1n) is 10.5. The van der Waals surface area contributed by atoms with E-state index in [0.29, 0.717) is 11.3 Å². The Labute approximate surface area is 189 Å².